The minimum Gasteiger partial charge on any atom is -0.466 e. The molecular weight excluding hydrogens is 233 g/mol. The Morgan fingerprint density at radius 2 is 2.00 bits per heavy atom. The van der Waals surface area contributed by atoms with Gasteiger partial charge in [-0.15, -0.1) is 12.4 Å². The number of carbonyl (C=O) groups excluding carboxylic acids is 1. The lowest BCUT2D eigenvalue weighted by Crippen LogP contribution is -2.17. The Labute approximate surface area is 100 Å². The molecule has 1 aromatic rings. The average Bonchev–Trinajstić information content (AvgIpc) is 2.18. The lowest BCUT2D eigenvalue weighted by molar-refractivity contribution is -0.143. The van der Waals surface area contributed by atoms with Crippen LogP contribution in [-0.2, 0) is 9.53 Å². The molecule has 0 fully saturated rings. The molecule has 0 aliphatic heterocycles. The average molecular weight is 248 g/mol. The van der Waals surface area contributed by atoms with Crippen LogP contribution in [0.2, 0.25) is 0 Å². The third kappa shape index (κ3) is 4.59. The molecule has 0 saturated heterocycles. The van der Waals surface area contributed by atoms with Gasteiger partial charge in [-0.1, -0.05) is 12.1 Å². The smallest absolute Gasteiger partial charge is 0.307 e. The van der Waals surface area contributed by atoms with Gasteiger partial charge in [-0.3, -0.25) is 4.79 Å². The summed E-state index contributed by atoms with van der Waals surface area (Å²) in [5.41, 5.74) is 6.48. The quantitative estimate of drug-likeness (QED) is 0.830. The summed E-state index contributed by atoms with van der Waals surface area (Å²) in [6.45, 7) is 2.08. The van der Waals surface area contributed by atoms with Crippen molar-refractivity contribution < 1.29 is 13.9 Å². The van der Waals surface area contributed by atoms with Crippen molar-refractivity contribution in [3.8, 4) is 0 Å². The Balaban J connectivity index is 0.00000225. The van der Waals surface area contributed by atoms with E-state index in [2.05, 4.69) is 0 Å². The summed E-state index contributed by atoms with van der Waals surface area (Å²) < 4.78 is 17.4. The first-order valence-corrected chi connectivity index (χ1v) is 4.80. The molecule has 1 aromatic carbocycles. The second kappa shape index (κ2) is 7.19. The predicted molar refractivity (Wildman–Crippen MR) is 61.8 cm³/mol. The van der Waals surface area contributed by atoms with E-state index < -0.39 is 6.04 Å². The molecule has 0 aromatic heterocycles. The van der Waals surface area contributed by atoms with E-state index in [0.717, 1.165) is 5.56 Å². The molecule has 3 nitrogen and oxygen atoms in total. The summed E-state index contributed by atoms with van der Waals surface area (Å²) >= 11 is 0. The predicted octanol–water partition coefficient (Wildman–Crippen LogP) is 2.20. The maximum atomic E-state index is 12.6. The van der Waals surface area contributed by atoms with Crippen molar-refractivity contribution in [3.63, 3.8) is 0 Å². The number of halogens is 2. The largest absolute Gasteiger partial charge is 0.466 e. The zero-order valence-electron chi connectivity index (χ0n) is 8.98. The molecular formula is C11H15ClFNO2. The molecule has 0 bridgehead atoms. The molecule has 1 rings (SSSR count). The van der Waals surface area contributed by atoms with Gasteiger partial charge in [-0.25, -0.2) is 4.39 Å². The van der Waals surface area contributed by atoms with Gasteiger partial charge >= 0.3 is 5.97 Å². The minimum absolute atomic E-state index is 0. The van der Waals surface area contributed by atoms with Crippen molar-refractivity contribution in [3.05, 3.63) is 35.6 Å². The number of ether oxygens (including phenoxy) is 1. The van der Waals surface area contributed by atoms with Crippen LogP contribution in [0.3, 0.4) is 0 Å². The van der Waals surface area contributed by atoms with Crippen LogP contribution in [0, 0.1) is 5.82 Å². The molecule has 0 amide bonds. The molecule has 0 radical (unpaired) electrons. The second-order valence-electron chi connectivity index (χ2n) is 3.17. The molecule has 0 aliphatic carbocycles. The molecule has 0 heterocycles. The van der Waals surface area contributed by atoms with Crippen molar-refractivity contribution in [2.45, 2.75) is 19.4 Å². The Hall–Kier alpha value is -1.13. The first-order valence-electron chi connectivity index (χ1n) is 4.80. The van der Waals surface area contributed by atoms with E-state index in [1.165, 1.54) is 12.1 Å². The molecule has 0 spiro atoms. The highest BCUT2D eigenvalue weighted by Crippen LogP contribution is 2.14. The van der Waals surface area contributed by atoms with Crippen LogP contribution in [0.4, 0.5) is 4.39 Å². The van der Waals surface area contributed by atoms with Crippen molar-refractivity contribution in [2.24, 2.45) is 5.73 Å². The fraction of sp³-hybridized carbons (Fsp3) is 0.364. The topological polar surface area (TPSA) is 52.3 Å². The molecule has 2 N–H and O–H groups in total. The number of nitrogens with two attached hydrogens (primary N) is 1. The Morgan fingerprint density at radius 1 is 1.44 bits per heavy atom. The zero-order chi connectivity index (χ0) is 11.3. The normalized spacial score (nSPS) is 11.4. The molecule has 1 unspecified atom stereocenters. The summed E-state index contributed by atoms with van der Waals surface area (Å²) in [6.07, 6.45) is 0.111. The van der Waals surface area contributed by atoms with Gasteiger partial charge in [-0.2, -0.15) is 0 Å². The first-order chi connectivity index (χ1) is 7.13. The summed E-state index contributed by atoms with van der Waals surface area (Å²) in [6, 6.07) is 5.34. The SMILES string of the molecule is CCOC(=O)CC(N)c1ccc(F)cc1.Cl. The van der Waals surface area contributed by atoms with Crippen molar-refractivity contribution in [1.82, 2.24) is 0 Å². The summed E-state index contributed by atoms with van der Waals surface area (Å²) in [5.74, 6) is -0.656. The molecule has 0 saturated carbocycles. The van der Waals surface area contributed by atoms with Crippen LogP contribution < -0.4 is 5.73 Å². The van der Waals surface area contributed by atoms with Crippen LogP contribution in [0.5, 0.6) is 0 Å². The fourth-order valence-corrected chi connectivity index (χ4v) is 1.23. The Morgan fingerprint density at radius 3 is 2.50 bits per heavy atom. The van der Waals surface area contributed by atoms with Gasteiger partial charge in [0.1, 0.15) is 5.82 Å². The Kier molecular flexibility index (Phi) is 6.69. The van der Waals surface area contributed by atoms with Crippen molar-refractivity contribution in [2.75, 3.05) is 6.61 Å². The Bertz CT molecular complexity index is 329. The van der Waals surface area contributed by atoms with Crippen LogP contribution in [0.15, 0.2) is 24.3 Å². The van der Waals surface area contributed by atoms with Gasteiger partial charge in [0.25, 0.3) is 0 Å². The number of esters is 1. The maximum Gasteiger partial charge on any atom is 0.307 e. The standard InChI is InChI=1S/C11H14FNO2.ClH/c1-2-15-11(14)7-10(13)8-3-5-9(12)6-4-8;/h3-6,10H,2,7,13H2,1H3;1H. The van der Waals surface area contributed by atoms with Gasteiger partial charge in [-0.05, 0) is 24.6 Å². The maximum absolute atomic E-state index is 12.6. The van der Waals surface area contributed by atoms with E-state index in [0.29, 0.717) is 6.61 Å². The number of hydrogen-bond donors (Lipinski definition) is 1. The van der Waals surface area contributed by atoms with E-state index in [-0.39, 0.29) is 30.6 Å². The van der Waals surface area contributed by atoms with Crippen LogP contribution in [0.1, 0.15) is 24.9 Å². The first kappa shape index (κ1) is 14.9. The van der Waals surface area contributed by atoms with Crippen molar-refractivity contribution >= 4 is 18.4 Å². The highest BCUT2D eigenvalue weighted by atomic mass is 35.5. The number of carbonyl (C=O) groups is 1. The van der Waals surface area contributed by atoms with E-state index in [1.54, 1.807) is 19.1 Å². The van der Waals surface area contributed by atoms with E-state index >= 15 is 0 Å². The third-order valence-corrected chi connectivity index (χ3v) is 1.99. The van der Waals surface area contributed by atoms with E-state index in [9.17, 15) is 9.18 Å². The molecule has 5 heteroatoms. The molecule has 1 atom stereocenters. The third-order valence-electron chi connectivity index (χ3n) is 1.99. The molecule has 16 heavy (non-hydrogen) atoms. The summed E-state index contributed by atoms with van der Waals surface area (Å²) in [4.78, 5) is 11.1. The summed E-state index contributed by atoms with van der Waals surface area (Å²) in [5, 5.41) is 0. The zero-order valence-corrected chi connectivity index (χ0v) is 9.80. The lowest BCUT2D eigenvalue weighted by atomic mass is 10.1. The number of hydrogen-bond acceptors (Lipinski definition) is 3. The van der Waals surface area contributed by atoms with Crippen LogP contribution in [0.25, 0.3) is 0 Å². The van der Waals surface area contributed by atoms with Gasteiger partial charge in [0.2, 0.25) is 0 Å². The van der Waals surface area contributed by atoms with E-state index in [1.807, 2.05) is 0 Å². The monoisotopic (exact) mass is 247 g/mol. The molecule has 90 valence electrons. The van der Waals surface area contributed by atoms with Gasteiger partial charge in [0.15, 0.2) is 0 Å². The number of benzene rings is 1. The van der Waals surface area contributed by atoms with Crippen LogP contribution >= 0.6 is 12.4 Å². The minimum atomic E-state index is -0.440. The van der Waals surface area contributed by atoms with Crippen molar-refractivity contribution in [1.29, 1.82) is 0 Å². The number of rotatable bonds is 4. The van der Waals surface area contributed by atoms with E-state index in [4.69, 9.17) is 10.5 Å². The molecule has 0 aliphatic rings. The van der Waals surface area contributed by atoms with Gasteiger partial charge in [0, 0.05) is 6.04 Å². The second-order valence-corrected chi connectivity index (χ2v) is 3.17. The van der Waals surface area contributed by atoms with Gasteiger partial charge < -0.3 is 10.5 Å². The fourth-order valence-electron chi connectivity index (χ4n) is 1.23. The summed E-state index contributed by atoms with van der Waals surface area (Å²) in [7, 11) is 0. The lowest BCUT2D eigenvalue weighted by Gasteiger charge is -2.10. The highest BCUT2D eigenvalue weighted by Gasteiger charge is 2.12. The highest BCUT2D eigenvalue weighted by molar-refractivity contribution is 5.85. The van der Waals surface area contributed by atoms with Gasteiger partial charge in [0.05, 0.1) is 13.0 Å². The van der Waals surface area contributed by atoms with Crippen LogP contribution in [-0.4, -0.2) is 12.6 Å².